The average Bonchev–Trinajstić information content (AvgIpc) is 3.51. The number of carbonyl (C=O) groups excluding carboxylic acids is 2. The molecule has 6 rings (SSSR count). The molecule has 0 radical (unpaired) electrons. The van der Waals surface area contributed by atoms with Crippen LogP contribution >= 0.6 is 11.6 Å². The van der Waals surface area contributed by atoms with Gasteiger partial charge in [0.15, 0.2) is 5.82 Å². The Bertz CT molecular complexity index is 1620. The number of H-pyrrole nitrogens is 1. The summed E-state index contributed by atoms with van der Waals surface area (Å²) in [6, 6.07) is 12.2. The molecule has 3 aromatic rings. The second kappa shape index (κ2) is 15.2. The average molecular weight is 677 g/mol. The molecule has 4 heterocycles. The predicted octanol–water partition coefficient (Wildman–Crippen LogP) is 4.57. The van der Waals surface area contributed by atoms with Gasteiger partial charge in [-0.25, -0.2) is 14.3 Å². The van der Waals surface area contributed by atoms with E-state index < -0.39 is 6.04 Å². The summed E-state index contributed by atoms with van der Waals surface area (Å²) in [7, 11) is 2.19. The number of hydrogen-bond acceptors (Lipinski definition) is 6. The third-order valence-electron chi connectivity index (χ3n) is 10.8. The van der Waals surface area contributed by atoms with E-state index in [4.69, 9.17) is 17.3 Å². The lowest BCUT2D eigenvalue weighted by Gasteiger charge is -2.40. The second-order valence-corrected chi connectivity index (χ2v) is 14.2. The SMILES string of the molecule is CCc1cc(C[C@@H](NC(=O)N2CCC(n3nc(-c4ccccc4)[nH]c3=O)CC2)C(=O)N2CCC(C3CCN(C)CC3)CC2)cc(Cl)c1N. The Kier molecular flexibility index (Phi) is 10.8. The van der Waals surface area contributed by atoms with E-state index in [2.05, 4.69) is 27.3 Å². The molecule has 1 atom stereocenters. The number of nitrogen functional groups attached to an aromatic ring is 1. The van der Waals surface area contributed by atoms with Crippen LogP contribution in [-0.2, 0) is 17.6 Å². The summed E-state index contributed by atoms with van der Waals surface area (Å²) in [5.41, 5.74) is 9.16. The van der Waals surface area contributed by atoms with Crippen molar-refractivity contribution in [3.63, 3.8) is 0 Å². The molecular formula is C36H49ClN8O3. The zero-order chi connectivity index (χ0) is 33.8. The molecule has 3 saturated heterocycles. The minimum Gasteiger partial charge on any atom is -0.397 e. The summed E-state index contributed by atoms with van der Waals surface area (Å²) in [6.45, 7) is 6.63. The molecule has 48 heavy (non-hydrogen) atoms. The van der Waals surface area contributed by atoms with Crippen LogP contribution in [0.5, 0.6) is 0 Å². The molecule has 3 aliphatic heterocycles. The Balaban J connectivity index is 1.11. The molecule has 3 fully saturated rings. The first-order valence-electron chi connectivity index (χ1n) is 17.5. The Morgan fingerprint density at radius 3 is 2.23 bits per heavy atom. The lowest BCUT2D eigenvalue weighted by Crippen LogP contribution is -2.55. The lowest BCUT2D eigenvalue weighted by atomic mass is 9.79. The number of nitrogens with one attached hydrogen (secondary N) is 2. The van der Waals surface area contributed by atoms with Gasteiger partial charge in [0, 0.05) is 38.2 Å². The molecule has 0 saturated carbocycles. The van der Waals surface area contributed by atoms with E-state index in [9.17, 15) is 14.4 Å². The lowest BCUT2D eigenvalue weighted by molar-refractivity contribution is -0.135. The summed E-state index contributed by atoms with van der Waals surface area (Å²) in [4.78, 5) is 49.6. The van der Waals surface area contributed by atoms with E-state index >= 15 is 0 Å². The highest BCUT2D eigenvalue weighted by Gasteiger charge is 2.35. The number of rotatable bonds is 8. The largest absolute Gasteiger partial charge is 0.397 e. The Labute approximate surface area is 287 Å². The molecular weight excluding hydrogens is 628 g/mol. The summed E-state index contributed by atoms with van der Waals surface area (Å²) >= 11 is 6.50. The number of anilines is 1. The van der Waals surface area contributed by atoms with E-state index in [1.54, 1.807) is 4.90 Å². The third kappa shape index (κ3) is 7.73. The number of likely N-dealkylation sites (tertiary alicyclic amines) is 3. The number of nitrogens with zero attached hydrogens (tertiary/aromatic N) is 5. The quantitative estimate of drug-likeness (QED) is 0.300. The molecule has 0 bridgehead atoms. The molecule has 3 amide bonds. The fourth-order valence-corrected chi connectivity index (χ4v) is 8.02. The van der Waals surface area contributed by atoms with Crippen molar-refractivity contribution in [1.29, 1.82) is 0 Å². The van der Waals surface area contributed by atoms with Crippen molar-refractivity contribution < 1.29 is 9.59 Å². The fourth-order valence-electron chi connectivity index (χ4n) is 7.76. The standard InChI is InChI=1S/C36H49ClN8O3/c1-3-25-21-24(22-30(37)32(25)38)23-31(34(46)43-17-11-27(12-18-43)26-9-15-42(2)16-10-26)39-35(47)44-19-13-29(14-20-44)45-36(48)40-33(41-45)28-7-5-4-6-8-28/h4-8,21-22,26-27,29,31H,3,9-20,23,38H2,1-2H3,(H,39,47)(H,40,41,48)/t31-/m1/s1. The number of piperidine rings is 3. The van der Waals surface area contributed by atoms with Gasteiger partial charge in [-0.05, 0) is 94.1 Å². The first-order chi connectivity index (χ1) is 23.2. The van der Waals surface area contributed by atoms with Crippen LogP contribution in [0.15, 0.2) is 47.3 Å². The van der Waals surface area contributed by atoms with Crippen LogP contribution in [0.1, 0.15) is 62.6 Å². The molecule has 0 unspecified atom stereocenters. The van der Waals surface area contributed by atoms with E-state index in [1.165, 1.54) is 17.5 Å². The summed E-state index contributed by atoms with van der Waals surface area (Å²) < 4.78 is 1.51. The molecule has 2 aromatic carbocycles. The number of halogens is 1. The fraction of sp³-hybridized carbons (Fsp3) is 0.556. The van der Waals surface area contributed by atoms with Crippen molar-refractivity contribution in [1.82, 2.24) is 34.8 Å². The van der Waals surface area contributed by atoms with Gasteiger partial charge in [-0.2, -0.15) is 0 Å². The summed E-state index contributed by atoms with van der Waals surface area (Å²) in [6.07, 6.45) is 6.67. The van der Waals surface area contributed by atoms with Gasteiger partial charge in [-0.3, -0.25) is 9.78 Å². The molecule has 4 N–H and O–H groups in total. The number of aromatic nitrogens is 3. The van der Waals surface area contributed by atoms with E-state index in [0.29, 0.717) is 67.9 Å². The van der Waals surface area contributed by atoms with Crippen LogP contribution in [0.3, 0.4) is 0 Å². The van der Waals surface area contributed by atoms with E-state index in [1.807, 2.05) is 54.3 Å². The van der Waals surface area contributed by atoms with Gasteiger partial charge in [-0.1, -0.05) is 54.9 Å². The molecule has 0 aliphatic carbocycles. The van der Waals surface area contributed by atoms with E-state index in [-0.39, 0.29) is 23.7 Å². The van der Waals surface area contributed by atoms with Crippen molar-refractivity contribution in [2.45, 2.75) is 70.4 Å². The monoisotopic (exact) mass is 676 g/mol. The Morgan fingerprint density at radius 1 is 0.958 bits per heavy atom. The second-order valence-electron chi connectivity index (χ2n) is 13.8. The maximum absolute atomic E-state index is 14.1. The number of aromatic amines is 1. The van der Waals surface area contributed by atoms with Crippen molar-refractivity contribution in [2.75, 3.05) is 52.0 Å². The normalized spacial score (nSPS) is 19.4. The van der Waals surface area contributed by atoms with Gasteiger partial charge < -0.3 is 25.8 Å². The number of urea groups is 1. The van der Waals surface area contributed by atoms with Gasteiger partial charge in [0.1, 0.15) is 6.04 Å². The molecule has 258 valence electrons. The van der Waals surface area contributed by atoms with Crippen molar-refractivity contribution in [2.24, 2.45) is 11.8 Å². The maximum Gasteiger partial charge on any atom is 0.343 e. The minimum atomic E-state index is -0.734. The van der Waals surface area contributed by atoms with Gasteiger partial charge in [0.05, 0.1) is 16.8 Å². The van der Waals surface area contributed by atoms with Crippen LogP contribution in [0.4, 0.5) is 10.5 Å². The Hall–Kier alpha value is -3.83. The number of benzene rings is 2. The highest BCUT2D eigenvalue weighted by molar-refractivity contribution is 6.33. The minimum absolute atomic E-state index is 0.0532. The topological polar surface area (TPSA) is 133 Å². The zero-order valence-corrected chi connectivity index (χ0v) is 28.9. The van der Waals surface area contributed by atoms with E-state index in [0.717, 1.165) is 55.0 Å². The van der Waals surface area contributed by atoms with Crippen LogP contribution in [0, 0.1) is 11.8 Å². The maximum atomic E-state index is 14.1. The third-order valence-corrected chi connectivity index (χ3v) is 11.1. The van der Waals surface area contributed by atoms with Crippen LogP contribution < -0.4 is 16.7 Å². The van der Waals surface area contributed by atoms with Gasteiger partial charge in [0.2, 0.25) is 5.91 Å². The summed E-state index contributed by atoms with van der Waals surface area (Å²) in [5, 5.41) is 8.13. The highest BCUT2D eigenvalue weighted by Crippen LogP contribution is 2.33. The molecule has 12 heteroatoms. The van der Waals surface area contributed by atoms with Crippen molar-refractivity contribution in [3.8, 4) is 11.4 Å². The van der Waals surface area contributed by atoms with Crippen LogP contribution in [0.2, 0.25) is 5.02 Å². The number of nitrogens with two attached hydrogens (primary N) is 1. The molecule has 1 aromatic heterocycles. The Morgan fingerprint density at radius 2 is 1.58 bits per heavy atom. The predicted molar refractivity (Wildman–Crippen MR) is 189 cm³/mol. The molecule has 0 spiro atoms. The van der Waals surface area contributed by atoms with Crippen LogP contribution in [-0.4, -0.2) is 93.8 Å². The van der Waals surface area contributed by atoms with Gasteiger partial charge in [0.25, 0.3) is 0 Å². The molecule has 11 nitrogen and oxygen atoms in total. The number of aryl methyl sites for hydroxylation is 1. The first-order valence-corrected chi connectivity index (χ1v) is 17.9. The van der Waals surface area contributed by atoms with Crippen molar-refractivity contribution >= 4 is 29.2 Å². The zero-order valence-electron chi connectivity index (χ0n) is 28.2. The van der Waals surface area contributed by atoms with Gasteiger partial charge >= 0.3 is 11.7 Å². The highest BCUT2D eigenvalue weighted by atomic mass is 35.5. The number of amides is 3. The number of hydrogen-bond donors (Lipinski definition) is 3. The first kappa shape index (κ1) is 34.0. The smallest absolute Gasteiger partial charge is 0.343 e. The molecule has 3 aliphatic rings. The van der Waals surface area contributed by atoms with Gasteiger partial charge in [-0.15, -0.1) is 5.10 Å². The van der Waals surface area contributed by atoms with Crippen LogP contribution in [0.25, 0.3) is 11.4 Å². The number of carbonyl (C=O) groups is 2. The summed E-state index contributed by atoms with van der Waals surface area (Å²) in [5.74, 6) is 1.85. The van der Waals surface area contributed by atoms with Crippen molar-refractivity contribution in [3.05, 3.63) is 69.1 Å².